The highest BCUT2D eigenvalue weighted by atomic mass is 16.7. The van der Waals surface area contributed by atoms with E-state index in [4.69, 9.17) is 18.9 Å². The number of ether oxygens (including phenoxy) is 4. The van der Waals surface area contributed by atoms with Gasteiger partial charge >= 0.3 is 0 Å². The summed E-state index contributed by atoms with van der Waals surface area (Å²) >= 11 is 0. The molecule has 2 rings (SSSR count). The summed E-state index contributed by atoms with van der Waals surface area (Å²) in [5, 5.41) is 0. The van der Waals surface area contributed by atoms with Crippen LogP contribution in [0.25, 0.3) is 6.08 Å². The van der Waals surface area contributed by atoms with Crippen molar-refractivity contribution in [1.29, 1.82) is 0 Å². The minimum atomic E-state index is -0.387. The smallest absolute Gasteiger partial charge is 0.178 e. The molecule has 1 saturated heterocycles. The first-order valence-electron chi connectivity index (χ1n) is 8.94. The van der Waals surface area contributed by atoms with E-state index in [9.17, 15) is 0 Å². The normalized spacial score (nSPS) is 22.8. The van der Waals surface area contributed by atoms with Gasteiger partial charge in [-0.3, -0.25) is 0 Å². The van der Waals surface area contributed by atoms with Crippen LogP contribution in [-0.2, 0) is 18.9 Å². The lowest BCUT2D eigenvalue weighted by Crippen LogP contribution is -2.37. The fourth-order valence-electron chi connectivity index (χ4n) is 2.35. The lowest BCUT2D eigenvalue weighted by atomic mass is 10.1. The molecular formula is C21H32O4. The minimum absolute atomic E-state index is 0.146. The maximum Gasteiger partial charge on any atom is 0.178 e. The quantitative estimate of drug-likeness (QED) is 0.761. The van der Waals surface area contributed by atoms with Crippen LogP contribution >= 0.6 is 0 Å². The lowest BCUT2D eigenvalue weighted by Gasteiger charge is -2.26. The zero-order chi connectivity index (χ0) is 18.5. The van der Waals surface area contributed by atoms with Crippen molar-refractivity contribution in [2.75, 3.05) is 13.2 Å². The van der Waals surface area contributed by atoms with Gasteiger partial charge in [0.2, 0.25) is 0 Å². The zero-order valence-electron chi connectivity index (χ0n) is 16.3. The summed E-state index contributed by atoms with van der Waals surface area (Å²) in [6, 6.07) is 10.1. The first kappa shape index (κ1) is 20.1. The monoisotopic (exact) mass is 348 g/mol. The second-order valence-corrected chi connectivity index (χ2v) is 8.33. The minimum Gasteiger partial charge on any atom is -0.373 e. The van der Waals surface area contributed by atoms with Gasteiger partial charge in [-0.15, -0.1) is 0 Å². The number of hydrogen-bond acceptors (Lipinski definition) is 4. The predicted molar refractivity (Wildman–Crippen MR) is 100 cm³/mol. The topological polar surface area (TPSA) is 36.9 Å². The van der Waals surface area contributed by atoms with Crippen LogP contribution in [0.1, 0.15) is 47.1 Å². The molecule has 4 heteroatoms. The summed E-state index contributed by atoms with van der Waals surface area (Å²) in [5.41, 5.74) is 0.694. The van der Waals surface area contributed by atoms with Crippen LogP contribution in [0.2, 0.25) is 0 Å². The molecule has 1 aromatic carbocycles. The van der Waals surface area contributed by atoms with Crippen LogP contribution in [0.15, 0.2) is 36.4 Å². The largest absolute Gasteiger partial charge is 0.373 e. The van der Waals surface area contributed by atoms with Crippen molar-refractivity contribution < 1.29 is 18.9 Å². The van der Waals surface area contributed by atoms with Crippen LogP contribution < -0.4 is 0 Å². The molecule has 0 aromatic heterocycles. The van der Waals surface area contributed by atoms with E-state index < -0.39 is 0 Å². The van der Waals surface area contributed by atoms with Gasteiger partial charge in [0, 0.05) is 0 Å². The third-order valence-electron chi connectivity index (χ3n) is 3.64. The SMILES string of the molecule is CC(C)(C)OC[C@@H]1OC(/C=C/c2ccccc2)O[C@H]1COC(C)(C)C. The summed E-state index contributed by atoms with van der Waals surface area (Å²) in [5.74, 6) is 0. The molecular weight excluding hydrogens is 316 g/mol. The van der Waals surface area contributed by atoms with Gasteiger partial charge in [0.15, 0.2) is 6.29 Å². The van der Waals surface area contributed by atoms with Crippen molar-refractivity contribution in [2.24, 2.45) is 0 Å². The van der Waals surface area contributed by atoms with Crippen LogP contribution in [0.4, 0.5) is 0 Å². The Hall–Kier alpha value is -1.20. The number of benzene rings is 1. The van der Waals surface area contributed by atoms with Gasteiger partial charge < -0.3 is 18.9 Å². The molecule has 2 atom stereocenters. The van der Waals surface area contributed by atoms with Gasteiger partial charge in [-0.1, -0.05) is 36.4 Å². The molecule has 25 heavy (non-hydrogen) atoms. The highest BCUT2D eigenvalue weighted by Crippen LogP contribution is 2.24. The third-order valence-corrected chi connectivity index (χ3v) is 3.64. The van der Waals surface area contributed by atoms with Gasteiger partial charge in [-0.25, -0.2) is 0 Å². The molecule has 1 aliphatic heterocycles. The molecule has 1 fully saturated rings. The van der Waals surface area contributed by atoms with Gasteiger partial charge in [0.1, 0.15) is 12.2 Å². The van der Waals surface area contributed by atoms with Crippen LogP contribution in [0.5, 0.6) is 0 Å². The molecule has 0 unspecified atom stereocenters. The molecule has 0 amide bonds. The molecule has 4 nitrogen and oxygen atoms in total. The van der Waals surface area contributed by atoms with Crippen molar-refractivity contribution in [3.8, 4) is 0 Å². The van der Waals surface area contributed by atoms with E-state index in [1.165, 1.54) is 0 Å². The van der Waals surface area contributed by atoms with Crippen molar-refractivity contribution in [2.45, 2.75) is 71.2 Å². The Kier molecular flexibility index (Phi) is 6.80. The van der Waals surface area contributed by atoms with Gasteiger partial charge in [0.25, 0.3) is 0 Å². The summed E-state index contributed by atoms with van der Waals surface area (Å²) in [6.07, 6.45) is 3.27. The highest BCUT2D eigenvalue weighted by Gasteiger charge is 2.36. The van der Waals surface area contributed by atoms with Crippen molar-refractivity contribution in [3.63, 3.8) is 0 Å². The van der Waals surface area contributed by atoms with Gasteiger partial charge in [0.05, 0.1) is 24.4 Å². The maximum atomic E-state index is 6.04. The van der Waals surface area contributed by atoms with Crippen LogP contribution in [-0.4, -0.2) is 42.9 Å². The molecule has 0 N–H and O–H groups in total. The van der Waals surface area contributed by atoms with Crippen LogP contribution in [0, 0.1) is 0 Å². The standard InChI is InChI=1S/C21H32O4/c1-20(2,3)22-14-17-18(15-23-21(4,5)6)25-19(24-17)13-12-16-10-8-7-9-11-16/h7-13,17-19H,14-15H2,1-6H3/b13-12+/t17-,18-/m0/s1. The second-order valence-electron chi connectivity index (χ2n) is 8.33. The Morgan fingerprint density at radius 2 is 1.32 bits per heavy atom. The van der Waals surface area contributed by atoms with E-state index in [1.807, 2.05) is 84.0 Å². The van der Waals surface area contributed by atoms with E-state index in [0.29, 0.717) is 13.2 Å². The third kappa shape index (κ3) is 7.70. The predicted octanol–water partition coefficient (Wildman–Crippen LogP) is 4.44. The molecule has 0 spiro atoms. The second kappa shape index (κ2) is 8.45. The molecule has 1 heterocycles. The summed E-state index contributed by atoms with van der Waals surface area (Å²) in [7, 11) is 0. The van der Waals surface area contributed by atoms with E-state index in [0.717, 1.165) is 5.56 Å². The molecule has 0 saturated carbocycles. The molecule has 0 radical (unpaired) electrons. The summed E-state index contributed by atoms with van der Waals surface area (Å²) in [4.78, 5) is 0. The van der Waals surface area contributed by atoms with E-state index in [2.05, 4.69) is 0 Å². The van der Waals surface area contributed by atoms with Crippen LogP contribution in [0.3, 0.4) is 0 Å². The van der Waals surface area contributed by atoms with E-state index >= 15 is 0 Å². The molecule has 1 aliphatic rings. The fourth-order valence-corrected chi connectivity index (χ4v) is 2.35. The molecule has 0 bridgehead atoms. The first-order valence-corrected chi connectivity index (χ1v) is 8.94. The Balaban J connectivity index is 1.97. The van der Waals surface area contributed by atoms with Gasteiger partial charge in [-0.05, 0) is 53.2 Å². The average Bonchev–Trinajstić information content (AvgIpc) is 2.91. The first-order chi connectivity index (χ1) is 11.6. The number of hydrogen-bond donors (Lipinski definition) is 0. The van der Waals surface area contributed by atoms with Crippen molar-refractivity contribution in [3.05, 3.63) is 42.0 Å². The molecule has 1 aromatic rings. The molecule has 140 valence electrons. The van der Waals surface area contributed by atoms with E-state index in [1.54, 1.807) is 0 Å². The summed E-state index contributed by atoms with van der Waals surface area (Å²) in [6.45, 7) is 13.2. The zero-order valence-corrected chi connectivity index (χ0v) is 16.3. The van der Waals surface area contributed by atoms with Gasteiger partial charge in [-0.2, -0.15) is 0 Å². The highest BCUT2D eigenvalue weighted by molar-refractivity contribution is 5.49. The fraction of sp³-hybridized carbons (Fsp3) is 0.619. The Morgan fingerprint density at radius 3 is 1.76 bits per heavy atom. The maximum absolute atomic E-state index is 6.04. The van der Waals surface area contributed by atoms with E-state index in [-0.39, 0.29) is 29.7 Å². The Bertz CT molecular complexity index is 513. The van der Waals surface area contributed by atoms with Crippen molar-refractivity contribution in [1.82, 2.24) is 0 Å². The molecule has 0 aliphatic carbocycles. The lowest BCUT2D eigenvalue weighted by molar-refractivity contribution is -0.0799. The summed E-state index contributed by atoms with van der Waals surface area (Å²) < 4.78 is 23.9. The Labute approximate surface area is 152 Å². The average molecular weight is 348 g/mol. The number of rotatable bonds is 6. The Morgan fingerprint density at radius 1 is 0.840 bits per heavy atom. The van der Waals surface area contributed by atoms with Crippen molar-refractivity contribution >= 4 is 6.08 Å².